The van der Waals surface area contributed by atoms with E-state index >= 15 is 0 Å². The number of para-hydroxylation sites is 2. The molecule has 5 rings (SSSR count). The molecular weight excluding hydrogens is 450 g/mol. The Bertz CT molecular complexity index is 1280. The van der Waals surface area contributed by atoms with Crippen molar-refractivity contribution in [2.45, 2.75) is 37.0 Å². The fourth-order valence-corrected chi connectivity index (χ4v) is 5.25. The van der Waals surface area contributed by atoms with Gasteiger partial charge in [0.15, 0.2) is 0 Å². The Morgan fingerprint density at radius 1 is 1.00 bits per heavy atom. The van der Waals surface area contributed by atoms with E-state index in [1.807, 2.05) is 42.6 Å². The van der Waals surface area contributed by atoms with Crippen molar-refractivity contribution in [3.8, 4) is 0 Å². The van der Waals surface area contributed by atoms with E-state index in [4.69, 9.17) is 4.84 Å². The standard InChI is InChI=1S/C26H23N3O4S/c30-23-12-13-24(31)29(23)33-26(32)11-5-6-16-28-21-9-3-4-10-22(21)34-25(28)17-18-14-15-27-20-8-2-1-7-19(18)20/h1-4,7-10,14-15,17H,5-6,11-13,16H2. The second-order valence-electron chi connectivity index (χ2n) is 8.12. The fraction of sp³-hybridized carbons (Fsp3) is 0.231. The largest absolute Gasteiger partial charge is 0.335 e. The third-order valence-corrected chi connectivity index (χ3v) is 6.92. The van der Waals surface area contributed by atoms with E-state index in [9.17, 15) is 14.4 Å². The third-order valence-electron chi connectivity index (χ3n) is 5.81. The Hall–Kier alpha value is -3.65. The number of imide groups is 1. The van der Waals surface area contributed by atoms with Gasteiger partial charge in [0.05, 0.1) is 16.2 Å². The number of thioether (sulfide) groups is 1. The second-order valence-corrected chi connectivity index (χ2v) is 9.19. The van der Waals surface area contributed by atoms with Crippen LogP contribution in [0.3, 0.4) is 0 Å². The van der Waals surface area contributed by atoms with Crippen molar-refractivity contribution in [1.29, 1.82) is 0 Å². The van der Waals surface area contributed by atoms with Crippen LogP contribution in [0, 0.1) is 0 Å². The van der Waals surface area contributed by atoms with Gasteiger partial charge in [0, 0.05) is 42.3 Å². The number of hydrogen-bond acceptors (Lipinski definition) is 7. The Morgan fingerprint density at radius 3 is 2.62 bits per heavy atom. The van der Waals surface area contributed by atoms with Gasteiger partial charge in [0.25, 0.3) is 11.8 Å². The van der Waals surface area contributed by atoms with Crippen LogP contribution in [0.25, 0.3) is 17.0 Å². The smallest absolute Gasteiger partial charge is 0.333 e. The number of amides is 2. The molecule has 8 heteroatoms. The summed E-state index contributed by atoms with van der Waals surface area (Å²) in [5.41, 5.74) is 3.21. The van der Waals surface area contributed by atoms with Gasteiger partial charge in [-0.25, -0.2) is 4.79 Å². The lowest BCUT2D eigenvalue weighted by Crippen LogP contribution is -2.32. The van der Waals surface area contributed by atoms with E-state index in [1.54, 1.807) is 11.8 Å². The van der Waals surface area contributed by atoms with Crippen molar-refractivity contribution in [1.82, 2.24) is 10.0 Å². The molecule has 2 aliphatic heterocycles. The molecule has 2 aliphatic rings. The molecule has 0 atom stereocenters. The zero-order valence-corrected chi connectivity index (χ0v) is 19.3. The normalized spacial score (nSPS) is 16.5. The molecule has 0 aliphatic carbocycles. The number of benzene rings is 2. The van der Waals surface area contributed by atoms with Crippen molar-refractivity contribution in [3.63, 3.8) is 0 Å². The van der Waals surface area contributed by atoms with Gasteiger partial charge in [0.2, 0.25) is 0 Å². The highest BCUT2D eigenvalue weighted by Gasteiger charge is 2.32. The van der Waals surface area contributed by atoms with Gasteiger partial charge in [0.1, 0.15) is 0 Å². The van der Waals surface area contributed by atoms with Gasteiger partial charge in [-0.3, -0.25) is 14.6 Å². The zero-order chi connectivity index (χ0) is 23.5. The molecule has 0 unspecified atom stereocenters. The predicted molar refractivity (Wildman–Crippen MR) is 130 cm³/mol. The molecule has 172 valence electrons. The summed E-state index contributed by atoms with van der Waals surface area (Å²) in [5, 5.41) is 2.83. The summed E-state index contributed by atoms with van der Waals surface area (Å²) in [6.07, 6.45) is 5.69. The third kappa shape index (κ3) is 4.54. The van der Waals surface area contributed by atoms with Crippen LogP contribution < -0.4 is 4.90 Å². The van der Waals surface area contributed by atoms with Crippen LogP contribution >= 0.6 is 11.8 Å². The minimum absolute atomic E-state index is 0.0972. The predicted octanol–water partition coefficient (Wildman–Crippen LogP) is 4.92. The fourth-order valence-electron chi connectivity index (χ4n) is 4.11. The summed E-state index contributed by atoms with van der Waals surface area (Å²) in [6, 6.07) is 18.4. The minimum atomic E-state index is -0.557. The molecule has 3 heterocycles. The highest BCUT2D eigenvalue weighted by atomic mass is 32.2. The molecule has 2 aromatic carbocycles. The lowest BCUT2D eigenvalue weighted by molar-refractivity contribution is -0.197. The lowest BCUT2D eigenvalue weighted by atomic mass is 10.1. The summed E-state index contributed by atoms with van der Waals surface area (Å²) < 4.78 is 0. The van der Waals surface area contributed by atoms with E-state index in [0.717, 1.165) is 40.1 Å². The van der Waals surface area contributed by atoms with Crippen molar-refractivity contribution in [3.05, 3.63) is 71.4 Å². The Balaban J connectivity index is 1.27. The molecule has 0 spiro atoms. The summed E-state index contributed by atoms with van der Waals surface area (Å²) in [4.78, 5) is 48.2. The summed E-state index contributed by atoms with van der Waals surface area (Å²) in [6.45, 7) is 0.730. The van der Waals surface area contributed by atoms with Crippen LogP contribution in [0.4, 0.5) is 5.69 Å². The van der Waals surface area contributed by atoms with E-state index in [1.165, 1.54) is 4.90 Å². The second kappa shape index (κ2) is 9.69. The Labute approximate surface area is 201 Å². The highest BCUT2D eigenvalue weighted by molar-refractivity contribution is 8.03. The Kier molecular flexibility index (Phi) is 6.31. The molecule has 7 nitrogen and oxygen atoms in total. The van der Waals surface area contributed by atoms with Gasteiger partial charge < -0.3 is 9.74 Å². The van der Waals surface area contributed by atoms with Crippen LogP contribution in [0.5, 0.6) is 0 Å². The number of hydrogen-bond donors (Lipinski definition) is 0. The van der Waals surface area contributed by atoms with Gasteiger partial charge in [-0.1, -0.05) is 42.1 Å². The van der Waals surface area contributed by atoms with Crippen molar-refractivity contribution in [2.24, 2.45) is 0 Å². The monoisotopic (exact) mass is 473 g/mol. The van der Waals surface area contributed by atoms with Gasteiger partial charge in [-0.15, -0.1) is 5.06 Å². The average molecular weight is 474 g/mol. The van der Waals surface area contributed by atoms with Crippen LogP contribution in [0.15, 0.2) is 70.7 Å². The first-order chi connectivity index (χ1) is 16.6. The van der Waals surface area contributed by atoms with Crippen molar-refractivity contribution >= 4 is 52.2 Å². The van der Waals surface area contributed by atoms with Crippen molar-refractivity contribution < 1.29 is 19.2 Å². The quantitative estimate of drug-likeness (QED) is 0.356. The number of anilines is 1. The molecule has 34 heavy (non-hydrogen) atoms. The number of carbonyl (C=O) groups excluding carboxylic acids is 3. The zero-order valence-electron chi connectivity index (χ0n) is 18.5. The molecule has 1 saturated heterocycles. The van der Waals surface area contributed by atoms with Gasteiger partial charge in [-0.05, 0) is 48.7 Å². The van der Waals surface area contributed by atoms with Gasteiger partial charge >= 0.3 is 5.97 Å². The SMILES string of the molecule is O=C(CCCCN1C(=Cc2ccnc3ccccc23)Sc2ccccc21)ON1C(=O)CCC1=O. The first-order valence-electron chi connectivity index (χ1n) is 11.3. The molecule has 3 aromatic rings. The van der Waals surface area contributed by atoms with E-state index in [2.05, 4.69) is 34.2 Å². The number of nitrogens with zero attached hydrogens (tertiary/aromatic N) is 3. The summed E-state index contributed by atoms with van der Waals surface area (Å²) in [7, 11) is 0. The molecule has 0 N–H and O–H groups in total. The molecule has 2 amide bonds. The number of hydroxylamine groups is 2. The molecule has 1 aromatic heterocycles. The molecule has 0 radical (unpaired) electrons. The first-order valence-corrected chi connectivity index (χ1v) is 12.1. The number of carbonyl (C=O) groups is 3. The topological polar surface area (TPSA) is 79.8 Å². The van der Waals surface area contributed by atoms with Crippen LogP contribution in [0.1, 0.15) is 37.7 Å². The Morgan fingerprint density at radius 2 is 1.76 bits per heavy atom. The first kappa shape index (κ1) is 22.2. The molecule has 1 fully saturated rings. The molecule has 0 bridgehead atoms. The number of pyridine rings is 1. The van der Waals surface area contributed by atoms with E-state index in [-0.39, 0.29) is 19.3 Å². The highest BCUT2D eigenvalue weighted by Crippen LogP contribution is 2.46. The van der Waals surface area contributed by atoms with Gasteiger partial charge in [-0.2, -0.15) is 0 Å². The minimum Gasteiger partial charge on any atom is -0.335 e. The maximum atomic E-state index is 12.1. The van der Waals surface area contributed by atoms with E-state index in [0.29, 0.717) is 11.5 Å². The summed E-state index contributed by atoms with van der Waals surface area (Å²) in [5.74, 6) is -1.47. The van der Waals surface area contributed by atoms with Crippen LogP contribution in [-0.2, 0) is 19.2 Å². The average Bonchev–Trinajstić information content (AvgIpc) is 3.36. The maximum Gasteiger partial charge on any atom is 0.333 e. The van der Waals surface area contributed by atoms with Crippen LogP contribution in [0.2, 0.25) is 0 Å². The number of aromatic nitrogens is 1. The molecule has 0 saturated carbocycles. The van der Waals surface area contributed by atoms with E-state index < -0.39 is 17.8 Å². The number of unbranched alkanes of at least 4 members (excludes halogenated alkanes) is 1. The maximum absolute atomic E-state index is 12.1. The number of fused-ring (bicyclic) bond motifs is 2. The summed E-state index contributed by atoms with van der Waals surface area (Å²) >= 11 is 1.73. The molecular formula is C26H23N3O4S. The van der Waals surface area contributed by atoms with Crippen LogP contribution in [-0.4, -0.2) is 34.4 Å². The van der Waals surface area contributed by atoms with Crippen molar-refractivity contribution in [2.75, 3.05) is 11.4 Å². The number of rotatable bonds is 7. The lowest BCUT2D eigenvalue weighted by Gasteiger charge is -2.21.